The molecule has 0 saturated carbocycles. The van der Waals surface area contributed by atoms with E-state index < -0.39 is 14.3 Å². The zero-order chi connectivity index (χ0) is 12.6. The molecular formula is C8H7ClN2O4S2. The fourth-order valence-corrected chi connectivity index (χ4v) is 3.29. The highest BCUT2D eigenvalue weighted by molar-refractivity contribution is 8.14. The van der Waals surface area contributed by atoms with Crippen LogP contribution in [0.3, 0.4) is 0 Å². The van der Waals surface area contributed by atoms with E-state index in [4.69, 9.17) is 10.7 Å². The van der Waals surface area contributed by atoms with Crippen molar-refractivity contribution in [1.29, 1.82) is 0 Å². The van der Waals surface area contributed by atoms with E-state index in [9.17, 15) is 18.0 Å². The minimum atomic E-state index is -3.76. The molecule has 2 rings (SSSR count). The van der Waals surface area contributed by atoms with Crippen LogP contribution < -0.4 is 4.90 Å². The molecule has 1 atom stereocenters. The van der Waals surface area contributed by atoms with Gasteiger partial charge in [0.15, 0.2) is 11.4 Å². The first-order chi connectivity index (χ1) is 7.91. The van der Waals surface area contributed by atoms with Crippen LogP contribution >= 0.6 is 22.0 Å². The number of nitrogens with zero attached hydrogens (tertiary/aromatic N) is 2. The topological polar surface area (TPSA) is 84.4 Å². The number of carbonyl (C=O) groups is 2. The standard InChI is InChI=1S/C8H7ClN2O4S2/c9-17(14,15)6-1-7(13)11(3-6)8-10-2-5(4-12)16-8/h2,4,6H,1,3H2. The molecule has 1 aliphatic heterocycles. The van der Waals surface area contributed by atoms with E-state index in [-0.39, 0.29) is 18.9 Å². The molecule has 0 aromatic carbocycles. The van der Waals surface area contributed by atoms with Gasteiger partial charge < -0.3 is 0 Å². The summed E-state index contributed by atoms with van der Waals surface area (Å²) in [5.74, 6) is -0.356. The van der Waals surface area contributed by atoms with Crippen LogP contribution in [0.1, 0.15) is 16.1 Å². The van der Waals surface area contributed by atoms with Gasteiger partial charge in [0.2, 0.25) is 15.0 Å². The highest BCUT2D eigenvalue weighted by Gasteiger charge is 2.39. The van der Waals surface area contributed by atoms with Crippen molar-refractivity contribution >= 4 is 48.4 Å². The van der Waals surface area contributed by atoms with Crippen LogP contribution in [-0.2, 0) is 13.8 Å². The molecule has 92 valence electrons. The molecule has 1 fully saturated rings. The van der Waals surface area contributed by atoms with Crippen molar-refractivity contribution < 1.29 is 18.0 Å². The monoisotopic (exact) mass is 294 g/mol. The lowest BCUT2D eigenvalue weighted by Crippen LogP contribution is -2.26. The minimum absolute atomic E-state index is 0.0174. The first-order valence-corrected chi connectivity index (χ1v) is 7.75. The number of halogens is 1. The molecule has 0 N–H and O–H groups in total. The van der Waals surface area contributed by atoms with Gasteiger partial charge in [0.1, 0.15) is 5.25 Å². The molecule has 0 radical (unpaired) electrons. The summed E-state index contributed by atoms with van der Waals surface area (Å²) in [5.41, 5.74) is 0. The third-order valence-electron chi connectivity index (χ3n) is 2.35. The Kier molecular flexibility index (Phi) is 3.19. The highest BCUT2D eigenvalue weighted by Crippen LogP contribution is 2.29. The second-order valence-electron chi connectivity index (χ2n) is 3.47. The van der Waals surface area contributed by atoms with E-state index in [2.05, 4.69) is 4.98 Å². The third-order valence-corrected chi connectivity index (χ3v) is 5.16. The fraction of sp³-hybridized carbons (Fsp3) is 0.375. The summed E-state index contributed by atoms with van der Waals surface area (Å²) in [6.45, 7) is -0.0174. The number of carbonyl (C=O) groups excluding carboxylic acids is 2. The average molecular weight is 295 g/mol. The van der Waals surface area contributed by atoms with Crippen molar-refractivity contribution in [3.8, 4) is 0 Å². The van der Waals surface area contributed by atoms with Gasteiger partial charge in [-0.25, -0.2) is 13.4 Å². The average Bonchev–Trinajstić information content (AvgIpc) is 2.82. The van der Waals surface area contributed by atoms with Crippen LogP contribution in [-0.4, -0.2) is 37.4 Å². The maximum Gasteiger partial charge on any atom is 0.237 e. The Hall–Kier alpha value is -0.990. The third kappa shape index (κ3) is 2.48. The molecule has 1 aliphatic rings. The number of amides is 1. The Morgan fingerprint density at radius 3 is 2.76 bits per heavy atom. The summed E-state index contributed by atoms with van der Waals surface area (Å²) in [7, 11) is 1.45. The maximum absolute atomic E-state index is 11.6. The molecular weight excluding hydrogens is 288 g/mol. The van der Waals surface area contributed by atoms with Gasteiger partial charge >= 0.3 is 0 Å². The van der Waals surface area contributed by atoms with Gasteiger partial charge in [-0.1, -0.05) is 11.3 Å². The molecule has 1 saturated heterocycles. The predicted molar refractivity (Wildman–Crippen MR) is 63.0 cm³/mol. The first kappa shape index (κ1) is 12.5. The van der Waals surface area contributed by atoms with E-state index in [1.165, 1.54) is 11.1 Å². The summed E-state index contributed by atoms with van der Waals surface area (Å²) < 4.78 is 22.3. The molecule has 6 nitrogen and oxygen atoms in total. The van der Waals surface area contributed by atoms with Gasteiger partial charge in [0.05, 0.1) is 11.1 Å². The molecule has 1 aromatic rings. The van der Waals surface area contributed by atoms with E-state index in [0.29, 0.717) is 16.3 Å². The van der Waals surface area contributed by atoms with Crippen LogP contribution in [0.25, 0.3) is 0 Å². The molecule has 0 bridgehead atoms. The van der Waals surface area contributed by atoms with E-state index in [0.717, 1.165) is 11.3 Å². The summed E-state index contributed by atoms with van der Waals surface area (Å²) in [6, 6.07) is 0. The zero-order valence-corrected chi connectivity index (χ0v) is 10.8. The highest BCUT2D eigenvalue weighted by atomic mass is 35.7. The Labute approximate surface area is 106 Å². The van der Waals surface area contributed by atoms with Gasteiger partial charge in [0, 0.05) is 23.6 Å². The number of hydrogen-bond donors (Lipinski definition) is 0. The van der Waals surface area contributed by atoms with Crippen molar-refractivity contribution in [3.05, 3.63) is 11.1 Å². The number of aromatic nitrogens is 1. The van der Waals surface area contributed by atoms with Crippen molar-refractivity contribution in [2.45, 2.75) is 11.7 Å². The van der Waals surface area contributed by atoms with Crippen molar-refractivity contribution in [3.63, 3.8) is 0 Å². The van der Waals surface area contributed by atoms with Gasteiger partial charge in [-0.05, 0) is 0 Å². The number of rotatable bonds is 3. The van der Waals surface area contributed by atoms with Gasteiger partial charge in [-0.15, -0.1) is 0 Å². The summed E-state index contributed by atoms with van der Waals surface area (Å²) in [4.78, 5) is 27.6. The maximum atomic E-state index is 11.6. The Morgan fingerprint density at radius 1 is 1.59 bits per heavy atom. The van der Waals surface area contributed by atoms with Crippen molar-refractivity contribution in [2.75, 3.05) is 11.4 Å². The van der Waals surface area contributed by atoms with Crippen LogP contribution in [0.15, 0.2) is 6.20 Å². The second-order valence-corrected chi connectivity index (χ2v) is 7.42. The molecule has 1 aromatic heterocycles. The number of aldehydes is 1. The van der Waals surface area contributed by atoms with Crippen molar-refractivity contribution in [2.24, 2.45) is 0 Å². The molecule has 17 heavy (non-hydrogen) atoms. The van der Waals surface area contributed by atoms with Gasteiger partial charge in [-0.2, -0.15) is 0 Å². The molecule has 1 unspecified atom stereocenters. The Balaban J connectivity index is 2.24. The largest absolute Gasteiger partial charge is 0.297 e. The quantitative estimate of drug-likeness (QED) is 0.603. The van der Waals surface area contributed by atoms with Crippen LogP contribution in [0.2, 0.25) is 0 Å². The molecule has 2 heterocycles. The molecule has 1 amide bonds. The first-order valence-electron chi connectivity index (χ1n) is 4.56. The van der Waals surface area contributed by atoms with E-state index in [1.807, 2.05) is 0 Å². The normalized spacial score (nSPS) is 20.9. The fourth-order valence-electron chi connectivity index (χ4n) is 1.50. The Morgan fingerprint density at radius 2 is 2.29 bits per heavy atom. The second kappa shape index (κ2) is 4.35. The lowest BCUT2D eigenvalue weighted by Gasteiger charge is -2.11. The van der Waals surface area contributed by atoms with Crippen LogP contribution in [0, 0.1) is 0 Å². The SMILES string of the molecule is O=Cc1cnc(N2CC(S(=O)(=O)Cl)CC2=O)s1. The summed E-state index contributed by atoms with van der Waals surface area (Å²) in [5, 5.41) is -0.597. The van der Waals surface area contributed by atoms with E-state index in [1.54, 1.807) is 0 Å². The Bertz CT molecular complexity index is 568. The summed E-state index contributed by atoms with van der Waals surface area (Å²) >= 11 is 1.03. The number of anilines is 1. The van der Waals surface area contributed by atoms with Crippen LogP contribution in [0.4, 0.5) is 5.13 Å². The molecule has 9 heteroatoms. The summed E-state index contributed by atoms with van der Waals surface area (Å²) in [6.07, 6.45) is 1.81. The molecule has 0 aliphatic carbocycles. The van der Waals surface area contributed by atoms with Gasteiger partial charge in [0.25, 0.3) is 0 Å². The zero-order valence-electron chi connectivity index (χ0n) is 8.37. The lowest BCUT2D eigenvalue weighted by atomic mass is 10.4. The van der Waals surface area contributed by atoms with E-state index >= 15 is 0 Å². The minimum Gasteiger partial charge on any atom is -0.297 e. The van der Waals surface area contributed by atoms with Crippen molar-refractivity contribution in [1.82, 2.24) is 4.98 Å². The van der Waals surface area contributed by atoms with Gasteiger partial charge in [-0.3, -0.25) is 14.5 Å². The predicted octanol–water partition coefficient (Wildman–Crippen LogP) is 0.630. The molecule has 0 spiro atoms. The number of thiazole rings is 1. The number of hydrogen-bond acceptors (Lipinski definition) is 6. The lowest BCUT2D eigenvalue weighted by molar-refractivity contribution is -0.117. The van der Waals surface area contributed by atoms with Crippen LogP contribution in [0.5, 0.6) is 0 Å². The smallest absolute Gasteiger partial charge is 0.237 e.